The zero-order valence-electron chi connectivity index (χ0n) is 12.9. The number of anilines is 2. The Hall–Kier alpha value is -2.82. The van der Waals surface area contributed by atoms with Crippen LogP contribution in [0.3, 0.4) is 0 Å². The number of amides is 2. The van der Waals surface area contributed by atoms with E-state index >= 15 is 0 Å². The Bertz CT molecular complexity index is 725. The zero-order valence-corrected chi connectivity index (χ0v) is 12.9. The number of hydrogen-bond acceptors (Lipinski definition) is 3. The molecule has 0 bridgehead atoms. The van der Waals surface area contributed by atoms with Crippen molar-refractivity contribution >= 4 is 23.2 Å². The fourth-order valence-corrected chi connectivity index (χ4v) is 2.50. The number of para-hydroxylation sites is 2. The van der Waals surface area contributed by atoms with Crippen LogP contribution in [0, 0.1) is 6.92 Å². The van der Waals surface area contributed by atoms with E-state index in [0.717, 1.165) is 16.9 Å². The lowest BCUT2D eigenvalue weighted by Crippen LogP contribution is -2.42. The van der Waals surface area contributed by atoms with Crippen LogP contribution in [0.2, 0.25) is 0 Å². The monoisotopic (exact) mass is 309 g/mol. The van der Waals surface area contributed by atoms with Crippen LogP contribution in [0.15, 0.2) is 48.5 Å². The Morgan fingerprint density at radius 3 is 2.52 bits per heavy atom. The number of rotatable bonds is 4. The fourth-order valence-electron chi connectivity index (χ4n) is 2.50. The van der Waals surface area contributed by atoms with Gasteiger partial charge in [0, 0.05) is 6.54 Å². The van der Waals surface area contributed by atoms with Crippen molar-refractivity contribution < 1.29 is 9.59 Å². The van der Waals surface area contributed by atoms with Gasteiger partial charge < -0.3 is 16.0 Å². The maximum Gasteiger partial charge on any atom is 0.247 e. The fraction of sp³-hybridized carbons (Fsp3) is 0.222. The van der Waals surface area contributed by atoms with E-state index in [1.165, 1.54) is 5.56 Å². The smallest absolute Gasteiger partial charge is 0.247 e. The molecule has 0 saturated heterocycles. The Kier molecular flexibility index (Phi) is 4.28. The van der Waals surface area contributed by atoms with Crippen molar-refractivity contribution in [1.82, 2.24) is 5.32 Å². The van der Waals surface area contributed by atoms with E-state index in [4.69, 9.17) is 0 Å². The molecule has 23 heavy (non-hydrogen) atoms. The minimum absolute atomic E-state index is 0.103. The van der Waals surface area contributed by atoms with Crippen LogP contribution in [0.4, 0.5) is 11.4 Å². The van der Waals surface area contributed by atoms with E-state index in [2.05, 4.69) is 16.0 Å². The van der Waals surface area contributed by atoms with E-state index < -0.39 is 6.04 Å². The van der Waals surface area contributed by atoms with Gasteiger partial charge in [-0.1, -0.05) is 42.0 Å². The second-order valence-electron chi connectivity index (χ2n) is 5.70. The molecule has 0 aromatic heterocycles. The summed E-state index contributed by atoms with van der Waals surface area (Å²) in [5.74, 6) is -0.341. The average molecular weight is 309 g/mol. The maximum absolute atomic E-state index is 12.1. The Balaban J connectivity index is 1.56. The molecule has 2 amide bonds. The van der Waals surface area contributed by atoms with Crippen LogP contribution in [0.1, 0.15) is 17.5 Å². The highest BCUT2D eigenvalue weighted by atomic mass is 16.2. The van der Waals surface area contributed by atoms with Gasteiger partial charge in [-0.05, 0) is 24.6 Å². The summed E-state index contributed by atoms with van der Waals surface area (Å²) >= 11 is 0. The summed E-state index contributed by atoms with van der Waals surface area (Å²) in [6.07, 6.45) is 0.103. The highest BCUT2D eigenvalue weighted by Gasteiger charge is 2.27. The maximum atomic E-state index is 12.1. The first-order valence-corrected chi connectivity index (χ1v) is 7.60. The molecule has 0 saturated carbocycles. The molecule has 5 nitrogen and oxygen atoms in total. The first kappa shape index (κ1) is 15.1. The van der Waals surface area contributed by atoms with Crippen molar-refractivity contribution in [3.63, 3.8) is 0 Å². The highest BCUT2D eigenvalue weighted by molar-refractivity contribution is 6.04. The Labute approximate surface area is 135 Å². The van der Waals surface area contributed by atoms with Gasteiger partial charge in [-0.3, -0.25) is 9.59 Å². The van der Waals surface area contributed by atoms with Crippen molar-refractivity contribution in [1.29, 1.82) is 0 Å². The van der Waals surface area contributed by atoms with Gasteiger partial charge >= 0.3 is 0 Å². The van der Waals surface area contributed by atoms with Crippen LogP contribution >= 0.6 is 0 Å². The highest BCUT2D eigenvalue weighted by Crippen LogP contribution is 2.26. The Morgan fingerprint density at radius 2 is 1.78 bits per heavy atom. The molecule has 1 aliphatic heterocycles. The summed E-state index contributed by atoms with van der Waals surface area (Å²) in [5.41, 5.74) is 3.80. The summed E-state index contributed by atoms with van der Waals surface area (Å²) in [7, 11) is 0. The van der Waals surface area contributed by atoms with Crippen LogP contribution in [-0.4, -0.2) is 17.9 Å². The third kappa shape index (κ3) is 3.69. The number of benzene rings is 2. The third-order valence-electron chi connectivity index (χ3n) is 3.83. The molecule has 118 valence electrons. The van der Waals surface area contributed by atoms with Crippen molar-refractivity contribution in [2.24, 2.45) is 0 Å². The molecule has 0 aliphatic carbocycles. The van der Waals surface area contributed by atoms with Crippen LogP contribution in [0.5, 0.6) is 0 Å². The molecular weight excluding hydrogens is 290 g/mol. The van der Waals surface area contributed by atoms with Crippen molar-refractivity contribution in [3.8, 4) is 0 Å². The SMILES string of the molecule is Cc1ccc(CNC(=O)CC2Nc3ccccc3NC2=O)cc1. The van der Waals surface area contributed by atoms with Crippen LogP contribution in [0.25, 0.3) is 0 Å². The molecule has 3 rings (SSSR count). The van der Waals surface area contributed by atoms with Crippen molar-refractivity contribution in [3.05, 3.63) is 59.7 Å². The van der Waals surface area contributed by atoms with Gasteiger partial charge in [-0.15, -0.1) is 0 Å². The Morgan fingerprint density at radius 1 is 1.09 bits per heavy atom. The predicted octanol–water partition coefficient (Wildman–Crippen LogP) is 2.43. The second kappa shape index (κ2) is 6.52. The lowest BCUT2D eigenvalue weighted by atomic mass is 10.1. The summed E-state index contributed by atoms with van der Waals surface area (Å²) in [5, 5.41) is 8.78. The van der Waals surface area contributed by atoms with Gasteiger partial charge in [0.1, 0.15) is 6.04 Å². The third-order valence-corrected chi connectivity index (χ3v) is 3.83. The van der Waals surface area contributed by atoms with Gasteiger partial charge in [0.2, 0.25) is 11.8 Å². The molecule has 0 radical (unpaired) electrons. The molecule has 0 fully saturated rings. The van der Waals surface area contributed by atoms with E-state index in [9.17, 15) is 9.59 Å². The minimum atomic E-state index is -0.553. The molecule has 1 unspecified atom stereocenters. The van der Waals surface area contributed by atoms with Gasteiger partial charge in [0.25, 0.3) is 0 Å². The zero-order chi connectivity index (χ0) is 16.2. The number of fused-ring (bicyclic) bond motifs is 1. The normalized spacial score (nSPS) is 16.0. The summed E-state index contributed by atoms with van der Waals surface area (Å²) in [6, 6.07) is 14.9. The number of carbonyl (C=O) groups is 2. The van der Waals surface area contributed by atoms with Crippen molar-refractivity contribution in [2.45, 2.75) is 25.9 Å². The predicted molar refractivity (Wildman–Crippen MR) is 90.1 cm³/mol. The minimum Gasteiger partial charge on any atom is -0.372 e. The molecule has 0 spiro atoms. The molecule has 2 aromatic carbocycles. The second-order valence-corrected chi connectivity index (χ2v) is 5.70. The summed E-state index contributed by atoms with van der Waals surface area (Å²) in [6.45, 7) is 2.48. The summed E-state index contributed by atoms with van der Waals surface area (Å²) < 4.78 is 0. The first-order valence-electron chi connectivity index (χ1n) is 7.60. The number of nitrogens with one attached hydrogen (secondary N) is 3. The lowest BCUT2D eigenvalue weighted by Gasteiger charge is -2.26. The molecule has 5 heteroatoms. The van der Waals surface area contributed by atoms with Gasteiger partial charge in [-0.25, -0.2) is 0 Å². The molecule has 2 aromatic rings. The number of aryl methyl sites for hydroxylation is 1. The first-order chi connectivity index (χ1) is 11.1. The molecule has 1 heterocycles. The van der Waals surface area contributed by atoms with E-state index in [0.29, 0.717) is 6.54 Å². The number of hydrogen-bond donors (Lipinski definition) is 3. The van der Waals surface area contributed by atoms with Gasteiger partial charge in [0.05, 0.1) is 17.8 Å². The number of carbonyl (C=O) groups excluding carboxylic acids is 2. The van der Waals surface area contributed by atoms with Crippen molar-refractivity contribution in [2.75, 3.05) is 10.6 Å². The summed E-state index contributed by atoms with van der Waals surface area (Å²) in [4.78, 5) is 24.1. The van der Waals surface area contributed by atoms with Gasteiger partial charge in [-0.2, -0.15) is 0 Å². The lowest BCUT2D eigenvalue weighted by molar-refractivity contribution is -0.125. The van der Waals surface area contributed by atoms with E-state index in [-0.39, 0.29) is 18.2 Å². The topological polar surface area (TPSA) is 70.2 Å². The van der Waals surface area contributed by atoms with E-state index in [1.807, 2.05) is 55.5 Å². The van der Waals surface area contributed by atoms with Gasteiger partial charge in [0.15, 0.2) is 0 Å². The van der Waals surface area contributed by atoms with Crippen LogP contribution in [-0.2, 0) is 16.1 Å². The molecule has 1 atom stereocenters. The largest absolute Gasteiger partial charge is 0.372 e. The quantitative estimate of drug-likeness (QED) is 0.812. The van der Waals surface area contributed by atoms with E-state index in [1.54, 1.807) is 0 Å². The average Bonchev–Trinajstić information content (AvgIpc) is 2.55. The molecule has 1 aliphatic rings. The standard InChI is InChI=1S/C18H19N3O2/c1-12-6-8-13(9-7-12)11-19-17(22)10-16-18(23)21-15-5-3-2-4-14(15)20-16/h2-9,16,20H,10-11H2,1H3,(H,19,22)(H,21,23). The molecule has 3 N–H and O–H groups in total. The molecular formula is C18H19N3O2. The van der Waals surface area contributed by atoms with Crippen LogP contribution < -0.4 is 16.0 Å².